The Kier molecular flexibility index (Phi) is 6.27. The first-order chi connectivity index (χ1) is 10.2. The van der Waals surface area contributed by atoms with Crippen molar-refractivity contribution in [2.75, 3.05) is 6.54 Å². The van der Waals surface area contributed by atoms with Crippen LogP contribution in [0.2, 0.25) is 0 Å². The monoisotopic (exact) mass is 300 g/mol. The van der Waals surface area contributed by atoms with Gasteiger partial charge in [-0.2, -0.15) is 0 Å². The number of pyridine rings is 1. The van der Waals surface area contributed by atoms with Crippen LogP contribution in [-0.4, -0.2) is 11.5 Å². The SMILES string of the molecule is CCCNC(CC)c1ccc(Sc2ccccc2C)cn1. The fourth-order valence-electron chi connectivity index (χ4n) is 2.23. The summed E-state index contributed by atoms with van der Waals surface area (Å²) < 4.78 is 0. The van der Waals surface area contributed by atoms with Crippen LogP contribution in [0.3, 0.4) is 0 Å². The Morgan fingerprint density at radius 2 is 1.95 bits per heavy atom. The van der Waals surface area contributed by atoms with E-state index in [-0.39, 0.29) is 0 Å². The molecule has 0 amide bonds. The standard InChI is InChI=1S/C18H24N2S/c1-4-12-19-16(5-2)17-11-10-15(13-20-17)21-18-9-7-6-8-14(18)3/h6-11,13,16,19H,4-5,12H2,1-3H3. The molecule has 1 N–H and O–H groups in total. The van der Waals surface area contributed by atoms with Crippen molar-refractivity contribution in [3.63, 3.8) is 0 Å². The molecule has 21 heavy (non-hydrogen) atoms. The summed E-state index contributed by atoms with van der Waals surface area (Å²) in [4.78, 5) is 7.13. The van der Waals surface area contributed by atoms with E-state index in [0.29, 0.717) is 6.04 Å². The van der Waals surface area contributed by atoms with Crippen LogP contribution in [0.1, 0.15) is 44.0 Å². The molecular formula is C18H24N2S. The topological polar surface area (TPSA) is 24.9 Å². The molecule has 0 aliphatic heterocycles. The molecule has 1 heterocycles. The summed E-state index contributed by atoms with van der Waals surface area (Å²) >= 11 is 1.78. The van der Waals surface area contributed by atoms with Crippen LogP contribution in [0, 0.1) is 6.92 Å². The molecule has 2 nitrogen and oxygen atoms in total. The number of nitrogens with zero attached hydrogens (tertiary/aromatic N) is 1. The molecule has 0 saturated carbocycles. The van der Waals surface area contributed by atoms with Gasteiger partial charge in [0.2, 0.25) is 0 Å². The van der Waals surface area contributed by atoms with Crippen molar-refractivity contribution in [1.82, 2.24) is 10.3 Å². The number of aryl methyl sites for hydroxylation is 1. The second kappa shape index (κ2) is 8.20. The zero-order chi connectivity index (χ0) is 15.1. The van der Waals surface area contributed by atoms with Crippen LogP contribution in [0.4, 0.5) is 0 Å². The number of benzene rings is 1. The quantitative estimate of drug-likeness (QED) is 0.779. The molecule has 2 rings (SSSR count). The molecule has 0 saturated heterocycles. The minimum Gasteiger partial charge on any atom is -0.309 e. The van der Waals surface area contributed by atoms with Gasteiger partial charge in [0, 0.05) is 22.0 Å². The molecule has 112 valence electrons. The summed E-state index contributed by atoms with van der Waals surface area (Å²) in [5.74, 6) is 0. The van der Waals surface area contributed by atoms with Gasteiger partial charge in [0.25, 0.3) is 0 Å². The van der Waals surface area contributed by atoms with Gasteiger partial charge in [-0.05, 0) is 50.1 Å². The first kappa shape index (κ1) is 16.1. The molecule has 3 heteroatoms. The number of hydrogen-bond donors (Lipinski definition) is 1. The van der Waals surface area contributed by atoms with Gasteiger partial charge in [-0.1, -0.05) is 43.8 Å². The third kappa shape index (κ3) is 4.58. The highest BCUT2D eigenvalue weighted by atomic mass is 32.2. The molecular weight excluding hydrogens is 276 g/mol. The zero-order valence-electron chi connectivity index (χ0n) is 13.1. The molecule has 0 aliphatic rings. The Morgan fingerprint density at radius 3 is 2.57 bits per heavy atom. The maximum Gasteiger partial charge on any atom is 0.0573 e. The van der Waals surface area contributed by atoms with Crippen molar-refractivity contribution in [3.05, 3.63) is 53.9 Å². The molecule has 0 radical (unpaired) electrons. The van der Waals surface area contributed by atoms with Crippen LogP contribution in [-0.2, 0) is 0 Å². The molecule has 1 unspecified atom stereocenters. The predicted octanol–water partition coefficient (Wildman–Crippen LogP) is 4.99. The van der Waals surface area contributed by atoms with Gasteiger partial charge in [-0.15, -0.1) is 0 Å². The minimum absolute atomic E-state index is 0.363. The molecule has 1 aromatic carbocycles. The molecule has 0 spiro atoms. The highest BCUT2D eigenvalue weighted by molar-refractivity contribution is 7.99. The van der Waals surface area contributed by atoms with Crippen LogP contribution in [0.25, 0.3) is 0 Å². The van der Waals surface area contributed by atoms with E-state index < -0.39 is 0 Å². The zero-order valence-corrected chi connectivity index (χ0v) is 13.9. The fraction of sp³-hybridized carbons (Fsp3) is 0.389. The van der Waals surface area contributed by atoms with Gasteiger partial charge in [0.05, 0.1) is 5.69 Å². The lowest BCUT2D eigenvalue weighted by Gasteiger charge is -2.16. The highest BCUT2D eigenvalue weighted by Gasteiger charge is 2.09. The normalized spacial score (nSPS) is 12.3. The van der Waals surface area contributed by atoms with Crippen LogP contribution in [0.15, 0.2) is 52.4 Å². The van der Waals surface area contributed by atoms with Crippen molar-refractivity contribution in [2.24, 2.45) is 0 Å². The Morgan fingerprint density at radius 1 is 1.14 bits per heavy atom. The largest absolute Gasteiger partial charge is 0.309 e. The summed E-state index contributed by atoms with van der Waals surface area (Å²) in [7, 11) is 0. The molecule has 1 atom stereocenters. The second-order valence-electron chi connectivity index (χ2n) is 5.20. The summed E-state index contributed by atoms with van der Waals surface area (Å²) in [6.07, 6.45) is 4.21. The van der Waals surface area contributed by atoms with E-state index in [9.17, 15) is 0 Å². The fourth-order valence-corrected chi connectivity index (χ4v) is 3.10. The third-order valence-corrected chi connectivity index (χ3v) is 4.64. The molecule has 0 aliphatic carbocycles. The first-order valence-electron chi connectivity index (χ1n) is 7.67. The Hall–Kier alpha value is -1.32. The Bertz CT molecular complexity index is 551. The average molecular weight is 300 g/mol. The van der Waals surface area contributed by atoms with Gasteiger partial charge >= 0.3 is 0 Å². The third-order valence-electron chi connectivity index (χ3n) is 3.49. The van der Waals surface area contributed by atoms with Gasteiger partial charge in [-0.3, -0.25) is 4.98 Å². The number of rotatable bonds is 7. The summed E-state index contributed by atoms with van der Waals surface area (Å²) in [5.41, 5.74) is 2.45. The molecule has 2 aromatic rings. The van der Waals surface area contributed by atoms with E-state index in [4.69, 9.17) is 0 Å². The molecule has 0 fully saturated rings. The smallest absolute Gasteiger partial charge is 0.0573 e. The van der Waals surface area contributed by atoms with Crippen molar-refractivity contribution < 1.29 is 0 Å². The lowest BCUT2D eigenvalue weighted by atomic mass is 10.1. The molecule has 1 aromatic heterocycles. The van der Waals surface area contributed by atoms with Crippen LogP contribution in [0.5, 0.6) is 0 Å². The summed E-state index contributed by atoms with van der Waals surface area (Å²) in [5, 5.41) is 3.54. The first-order valence-corrected chi connectivity index (χ1v) is 8.49. The summed E-state index contributed by atoms with van der Waals surface area (Å²) in [6, 6.07) is 13.2. The van der Waals surface area contributed by atoms with E-state index >= 15 is 0 Å². The maximum absolute atomic E-state index is 4.65. The van der Waals surface area contributed by atoms with Gasteiger partial charge < -0.3 is 5.32 Å². The average Bonchev–Trinajstić information content (AvgIpc) is 2.52. The minimum atomic E-state index is 0.363. The van der Waals surface area contributed by atoms with Crippen LogP contribution >= 0.6 is 11.8 Å². The van der Waals surface area contributed by atoms with Gasteiger partial charge in [0.1, 0.15) is 0 Å². The Balaban J connectivity index is 2.06. The van der Waals surface area contributed by atoms with E-state index in [1.165, 1.54) is 15.4 Å². The van der Waals surface area contributed by atoms with Gasteiger partial charge in [-0.25, -0.2) is 0 Å². The second-order valence-corrected chi connectivity index (χ2v) is 6.32. The number of nitrogens with one attached hydrogen (secondary N) is 1. The summed E-state index contributed by atoms with van der Waals surface area (Å²) in [6.45, 7) is 7.58. The lowest BCUT2D eigenvalue weighted by Crippen LogP contribution is -2.22. The maximum atomic E-state index is 4.65. The predicted molar refractivity (Wildman–Crippen MR) is 90.9 cm³/mol. The van der Waals surface area contributed by atoms with E-state index in [2.05, 4.69) is 67.5 Å². The van der Waals surface area contributed by atoms with E-state index in [0.717, 1.165) is 25.1 Å². The van der Waals surface area contributed by atoms with E-state index in [1.807, 2.05) is 6.20 Å². The Labute approximate surface area is 132 Å². The van der Waals surface area contributed by atoms with Crippen molar-refractivity contribution >= 4 is 11.8 Å². The number of aromatic nitrogens is 1. The van der Waals surface area contributed by atoms with Crippen molar-refractivity contribution in [3.8, 4) is 0 Å². The lowest BCUT2D eigenvalue weighted by molar-refractivity contribution is 0.507. The number of hydrogen-bond acceptors (Lipinski definition) is 3. The molecule has 0 bridgehead atoms. The highest BCUT2D eigenvalue weighted by Crippen LogP contribution is 2.30. The van der Waals surface area contributed by atoms with Crippen molar-refractivity contribution in [2.45, 2.75) is 49.4 Å². The van der Waals surface area contributed by atoms with E-state index in [1.54, 1.807) is 11.8 Å². The van der Waals surface area contributed by atoms with Crippen LogP contribution < -0.4 is 5.32 Å². The van der Waals surface area contributed by atoms with Crippen molar-refractivity contribution in [1.29, 1.82) is 0 Å². The van der Waals surface area contributed by atoms with Gasteiger partial charge in [0.15, 0.2) is 0 Å².